The Balaban J connectivity index is 2.14. The average Bonchev–Trinajstić information content (AvgIpc) is 2.66. The Morgan fingerprint density at radius 3 is 3.13 bits per heavy atom. The molecule has 1 heterocycles. The molecule has 0 radical (unpaired) electrons. The van der Waals surface area contributed by atoms with Crippen molar-refractivity contribution in [1.29, 1.82) is 0 Å². The molecule has 0 aromatic carbocycles. The van der Waals surface area contributed by atoms with Gasteiger partial charge in [0, 0.05) is 31.3 Å². The van der Waals surface area contributed by atoms with Gasteiger partial charge in [-0.25, -0.2) is 4.98 Å². The highest BCUT2D eigenvalue weighted by atomic mass is 32.1. The van der Waals surface area contributed by atoms with Crippen molar-refractivity contribution in [3.05, 3.63) is 11.1 Å². The zero-order valence-electron chi connectivity index (χ0n) is 9.28. The molecule has 0 amide bonds. The van der Waals surface area contributed by atoms with Crippen LogP contribution in [0.4, 0.5) is 0 Å². The normalized spacial score (nSPS) is 10.5. The van der Waals surface area contributed by atoms with Crippen molar-refractivity contribution in [1.82, 2.24) is 10.3 Å². The fraction of sp³-hybridized carbons (Fsp3) is 0.700. The van der Waals surface area contributed by atoms with Gasteiger partial charge in [0.2, 0.25) is 0 Å². The van der Waals surface area contributed by atoms with E-state index in [0.717, 1.165) is 31.3 Å². The third-order valence-electron chi connectivity index (χ3n) is 1.80. The summed E-state index contributed by atoms with van der Waals surface area (Å²) in [7, 11) is 1.72. The summed E-state index contributed by atoms with van der Waals surface area (Å²) in [5.74, 6) is 0. The summed E-state index contributed by atoms with van der Waals surface area (Å²) in [6.07, 6.45) is 2.90. The molecule has 1 aromatic heterocycles. The second-order valence-corrected chi connectivity index (χ2v) is 4.13. The van der Waals surface area contributed by atoms with Crippen LogP contribution in [0.2, 0.25) is 0 Å². The first kappa shape index (κ1) is 12.4. The van der Waals surface area contributed by atoms with Gasteiger partial charge < -0.3 is 14.8 Å². The second kappa shape index (κ2) is 7.62. The fourth-order valence-corrected chi connectivity index (χ4v) is 1.90. The molecular weight excluding hydrogens is 212 g/mol. The van der Waals surface area contributed by atoms with E-state index in [1.165, 1.54) is 4.88 Å². The number of hydrogen-bond donors (Lipinski definition) is 1. The van der Waals surface area contributed by atoms with Gasteiger partial charge >= 0.3 is 0 Å². The lowest BCUT2D eigenvalue weighted by atomic mass is 10.4. The fourth-order valence-electron chi connectivity index (χ4n) is 1.11. The Morgan fingerprint density at radius 1 is 1.53 bits per heavy atom. The van der Waals surface area contributed by atoms with Crippen LogP contribution in [0.25, 0.3) is 0 Å². The summed E-state index contributed by atoms with van der Waals surface area (Å²) in [6.45, 7) is 5.27. The predicted molar refractivity (Wildman–Crippen MR) is 61.5 cm³/mol. The van der Waals surface area contributed by atoms with Gasteiger partial charge in [-0.05, 0) is 19.9 Å². The van der Waals surface area contributed by atoms with Gasteiger partial charge in [-0.15, -0.1) is 0 Å². The SMILES string of the molecule is CCOc1ncc(CNCCCOC)s1. The molecule has 1 N–H and O–H groups in total. The first-order valence-electron chi connectivity index (χ1n) is 5.14. The molecule has 5 heteroatoms. The number of methoxy groups -OCH3 is 1. The number of thiazole rings is 1. The standard InChI is InChI=1S/C10H18N2O2S/c1-3-14-10-12-8-9(15-10)7-11-5-4-6-13-2/h8,11H,3-7H2,1-2H3. The van der Waals surface area contributed by atoms with Gasteiger partial charge in [-0.2, -0.15) is 0 Å². The van der Waals surface area contributed by atoms with E-state index in [1.807, 2.05) is 13.1 Å². The molecule has 0 saturated carbocycles. The van der Waals surface area contributed by atoms with E-state index in [1.54, 1.807) is 18.4 Å². The number of hydrogen-bond acceptors (Lipinski definition) is 5. The van der Waals surface area contributed by atoms with Crippen LogP contribution in [0, 0.1) is 0 Å². The van der Waals surface area contributed by atoms with E-state index in [2.05, 4.69) is 10.3 Å². The van der Waals surface area contributed by atoms with Crippen LogP contribution in [-0.4, -0.2) is 31.9 Å². The molecule has 15 heavy (non-hydrogen) atoms. The van der Waals surface area contributed by atoms with E-state index in [4.69, 9.17) is 9.47 Å². The first-order chi connectivity index (χ1) is 7.36. The van der Waals surface area contributed by atoms with Gasteiger partial charge in [0.1, 0.15) is 0 Å². The smallest absolute Gasteiger partial charge is 0.273 e. The summed E-state index contributed by atoms with van der Waals surface area (Å²) in [5.41, 5.74) is 0. The lowest BCUT2D eigenvalue weighted by Crippen LogP contribution is -2.15. The van der Waals surface area contributed by atoms with Gasteiger partial charge in [-0.1, -0.05) is 11.3 Å². The van der Waals surface area contributed by atoms with Crippen LogP contribution < -0.4 is 10.1 Å². The van der Waals surface area contributed by atoms with E-state index < -0.39 is 0 Å². The number of nitrogens with zero attached hydrogens (tertiary/aromatic N) is 1. The Labute approximate surface area is 94.6 Å². The lowest BCUT2D eigenvalue weighted by molar-refractivity contribution is 0.194. The summed E-state index contributed by atoms with van der Waals surface area (Å²) in [5, 5.41) is 4.08. The minimum atomic E-state index is 0.675. The topological polar surface area (TPSA) is 43.4 Å². The third kappa shape index (κ3) is 5.11. The van der Waals surface area contributed by atoms with Crippen molar-refractivity contribution in [3.8, 4) is 5.19 Å². The number of ether oxygens (including phenoxy) is 2. The zero-order chi connectivity index (χ0) is 10.9. The highest BCUT2D eigenvalue weighted by molar-refractivity contribution is 7.13. The Bertz CT molecular complexity index is 266. The van der Waals surface area contributed by atoms with Gasteiger partial charge in [0.15, 0.2) is 0 Å². The molecule has 0 aliphatic rings. The number of rotatable bonds is 8. The van der Waals surface area contributed by atoms with E-state index >= 15 is 0 Å². The van der Waals surface area contributed by atoms with Crippen LogP contribution >= 0.6 is 11.3 Å². The van der Waals surface area contributed by atoms with E-state index in [0.29, 0.717) is 6.61 Å². The molecule has 4 nitrogen and oxygen atoms in total. The molecule has 0 aliphatic carbocycles. The van der Waals surface area contributed by atoms with Crippen molar-refractivity contribution >= 4 is 11.3 Å². The lowest BCUT2D eigenvalue weighted by Gasteiger charge is -2.01. The monoisotopic (exact) mass is 230 g/mol. The molecule has 0 atom stereocenters. The van der Waals surface area contributed by atoms with Crippen molar-refractivity contribution in [2.75, 3.05) is 26.9 Å². The molecule has 1 aromatic rings. The van der Waals surface area contributed by atoms with E-state index in [9.17, 15) is 0 Å². The molecule has 86 valence electrons. The average molecular weight is 230 g/mol. The maximum Gasteiger partial charge on any atom is 0.273 e. The molecule has 0 saturated heterocycles. The summed E-state index contributed by atoms with van der Waals surface area (Å²) < 4.78 is 10.3. The van der Waals surface area contributed by atoms with E-state index in [-0.39, 0.29) is 0 Å². The van der Waals surface area contributed by atoms with Gasteiger partial charge in [-0.3, -0.25) is 0 Å². The molecule has 0 aliphatic heterocycles. The Hall–Kier alpha value is -0.650. The maximum absolute atomic E-state index is 5.29. The van der Waals surface area contributed by atoms with Crippen molar-refractivity contribution in [3.63, 3.8) is 0 Å². The van der Waals surface area contributed by atoms with Crippen molar-refractivity contribution in [2.45, 2.75) is 19.9 Å². The highest BCUT2D eigenvalue weighted by Crippen LogP contribution is 2.19. The number of nitrogens with one attached hydrogen (secondary N) is 1. The van der Waals surface area contributed by atoms with Crippen LogP contribution in [0.1, 0.15) is 18.2 Å². The van der Waals surface area contributed by atoms with Crippen molar-refractivity contribution < 1.29 is 9.47 Å². The Morgan fingerprint density at radius 2 is 2.40 bits per heavy atom. The molecule has 0 bridgehead atoms. The van der Waals surface area contributed by atoms with Crippen LogP contribution in [0.15, 0.2) is 6.20 Å². The van der Waals surface area contributed by atoms with Crippen LogP contribution in [-0.2, 0) is 11.3 Å². The minimum absolute atomic E-state index is 0.675. The summed E-state index contributed by atoms with van der Waals surface area (Å²) in [6, 6.07) is 0. The first-order valence-corrected chi connectivity index (χ1v) is 5.95. The van der Waals surface area contributed by atoms with Gasteiger partial charge in [0.05, 0.1) is 6.61 Å². The maximum atomic E-state index is 5.29. The second-order valence-electron chi connectivity index (χ2n) is 3.05. The highest BCUT2D eigenvalue weighted by Gasteiger charge is 2.01. The molecule has 0 unspecified atom stereocenters. The predicted octanol–water partition coefficient (Wildman–Crippen LogP) is 1.67. The van der Waals surface area contributed by atoms with Crippen LogP contribution in [0.5, 0.6) is 5.19 Å². The van der Waals surface area contributed by atoms with Gasteiger partial charge in [0.25, 0.3) is 5.19 Å². The largest absolute Gasteiger partial charge is 0.470 e. The number of aromatic nitrogens is 1. The third-order valence-corrected chi connectivity index (χ3v) is 2.71. The molecule has 1 rings (SSSR count). The molecule has 0 spiro atoms. The summed E-state index contributed by atoms with van der Waals surface area (Å²) >= 11 is 1.59. The Kier molecular flexibility index (Phi) is 6.31. The quantitative estimate of drug-likeness (QED) is 0.690. The summed E-state index contributed by atoms with van der Waals surface area (Å²) in [4.78, 5) is 5.36. The van der Waals surface area contributed by atoms with Crippen LogP contribution in [0.3, 0.4) is 0 Å². The minimum Gasteiger partial charge on any atom is -0.470 e. The zero-order valence-corrected chi connectivity index (χ0v) is 10.1. The molecular formula is C10H18N2O2S. The van der Waals surface area contributed by atoms with Crippen molar-refractivity contribution in [2.24, 2.45) is 0 Å². The molecule has 0 fully saturated rings.